The minimum atomic E-state index is -4.49. The van der Waals surface area contributed by atoms with Crippen LogP contribution in [0.2, 0.25) is 0 Å². The second-order valence-corrected chi connectivity index (χ2v) is 9.07. The number of nitrogens with zero attached hydrogens (tertiary/aromatic N) is 1. The molecule has 1 amide bonds. The number of fused-ring (bicyclic) bond motifs is 3. The molecule has 0 spiro atoms. The Morgan fingerprint density at radius 3 is 2.71 bits per heavy atom. The fourth-order valence-electron chi connectivity index (χ4n) is 5.28. The van der Waals surface area contributed by atoms with Gasteiger partial charge in [0.1, 0.15) is 5.58 Å². The van der Waals surface area contributed by atoms with E-state index in [1.807, 2.05) is 4.90 Å². The third-order valence-electron chi connectivity index (χ3n) is 7.01. The van der Waals surface area contributed by atoms with Gasteiger partial charge in [0.25, 0.3) is 5.91 Å². The average molecular weight is 438 g/mol. The Labute approximate surface area is 177 Å². The van der Waals surface area contributed by atoms with Crippen molar-refractivity contribution in [1.82, 2.24) is 5.32 Å². The molecule has 168 valence electrons. The number of carbonyl (C=O) groups excluding carboxylic acids is 1. The number of alkyl halides is 3. The first-order chi connectivity index (χ1) is 14.7. The van der Waals surface area contributed by atoms with Gasteiger partial charge in [0, 0.05) is 37.5 Å². The summed E-state index contributed by atoms with van der Waals surface area (Å²) in [5.41, 5.74) is -0.233. The highest BCUT2D eigenvalue weighted by Gasteiger charge is 2.55. The first-order valence-corrected chi connectivity index (χ1v) is 10.6. The van der Waals surface area contributed by atoms with Crippen LogP contribution in [-0.2, 0) is 10.9 Å². The Bertz CT molecular complexity index is 1010. The maximum Gasteiger partial charge on any atom is 0.416 e. The minimum Gasteiger partial charge on any atom is -0.449 e. The quantitative estimate of drug-likeness (QED) is 0.747. The van der Waals surface area contributed by atoms with Gasteiger partial charge in [0.2, 0.25) is 5.76 Å². The van der Waals surface area contributed by atoms with Crippen molar-refractivity contribution in [3.8, 4) is 0 Å². The molecule has 1 aromatic heterocycles. The number of hydrogen-bond donors (Lipinski definition) is 2. The first-order valence-electron chi connectivity index (χ1n) is 10.6. The number of benzene rings is 1. The molecule has 0 saturated heterocycles. The summed E-state index contributed by atoms with van der Waals surface area (Å²) >= 11 is 0. The number of aliphatic hydroxyl groups is 1. The summed E-state index contributed by atoms with van der Waals surface area (Å²) in [4.78, 5) is 14.5. The van der Waals surface area contributed by atoms with Crippen LogP contribution >= 0.6 is 0 Å². The molecular weight excluding hydrogens is 413 g/mol. The Morgan fingerprint density at radius 1 is 1.35 bits per heavy atom. The summed E-state index contributed by atoms with van der Waals surface area (Å²) in [7, 11) is 1.68. The summed E-state index contributed by atoms with van der Waals surface area (Å²) < 4.78 is 51.6. The maximum atomic E-state index is 13.3. The lowest BCUT2D eigenvalue weighted by atomic mass is 9.73. The van der Waals surface area contributed by atoms with Gasteiger partial charge < -0.3 is 24.5 Å². The summed E-state index contributed by atoms with van der Waals surface area (Å²) in [5.74, 6) is -0.0974. The molecule has 3 aliphatic rings. The number of amides is 1. The van der Waals surface area contributed by atoms with Gasteiger partial charge in [0.15, 0.2) is 0 Å². The summed E-state index contributed by atoms with van der Waals surface area (Å²) in [6.07, 6.45) is -1.52. The van der Waals surface area contributed by atoms with E-state index < -0.39 is 17.6 Å². The lowest BCUT2D eigenvalue weighted by Crippen LogP contribution is -2.47. The van der Waals surface area contributed by atoms with E-state index in [2.05, 4.69) is 5.32 Å². The average Bonchev–Trinajstić information content (AvgIpc) is 3.38. The van der Waals surface area contributed by atoms with E-state index >= 15 is 0 Å². The van der Waals surface area contributed by atoms with Gasteiger partial charge in [-0.2, -0.15) is 13.2 Å². The number of methoxy groups -OCH3 is 1. The number of hydrogen-bond acceptors (Lipinski definition) is 5. The monoisotopic (exact) mass is 438 g/mol. The largest absolute Gasteiger partial charge is 0.449 e. The van der Waals surface area contributed by atoms with Gasteiger partial charge in [-0.15, -0.1) is 0 Å². The molecule has 31 heavy (non-hydrogen) atoms. The van der Waals surface area contributed by atoms with Crippen molar-refractivity contribution in [2.24, 2.45) is 11.3 Å². The van der Waals surface area contributed by atoms with Crippen molar-refractivity contribution in [2.45, 2.75) is 44.1 Å². The summed E-state index contributed by atoms with van der Waals surface area (Å²) in [6.45, 7) is 1.40. The second kappa shape index (κ2) is 7.13. The van der Waals surface area contributed by atoms with Crippen LogP contribution in [0, 0.1) is 11.3 Å². The van der Waals surface area contributed by atoms with Crippen molar-refractivity contribution in [1.29, 1.82) is 0 Å². The van der Waals surface area contributed by atoms with E-state index in [0.29, 0.717) is 43.5 Å². The maximum absolute atomic E-state index is 13.3. The standard InChI is InChI=1S/C22H25F3N2O4/c1-30-19(12-8-14(28)9-12)21(4-5-21)11-27-7-6-26-20(29)18-17(27)15-10-13(22(23,24)25)2-3-16(15)31-18/h2-3,10,12,14,19,28H,4-9,11H2,1H3,(H,26,29). The van der Waals surface area contributed by atoms with Gasteiger partial charge in [-0.05, 0) is 49.8 Å². The highest BCUT2D eigenvalue weighted by molar-refractivity contribution is 6.07. The molecule has 0 bridgehead atoms. The fraction of sp³-hybridized carbons (Fsp3) is 0.591. The van der Waals surface area contributed by atoms with Gasteiger partial charge >= 0.3 is 6.18 Å². The van der Waals surface area contributed by atoms with Crippen molar-refractivity contribution in [3.63, 3.8) is 0 Å². The van der Waals surface area contributed by atoms with Crippen LogP contribution < -0.4 is 10.2 Å². The van der Waals surface area contributed by atoms with Gasteiger partial charge in [-0.25, -0.2) is 0 Å². The number of furan rings is 1. The normalized spacial score (nSPS) is 26.1. The Kier molecular flexibility index (Phi) is 4.75. The molecule has 1 unspecified atom stereocenters. The second-order valence-electron chi connectivity index (χ2n) is 9.07. The van der Waals surface area contributed by atoms with E-state index in [-0.39, 0.29) is 34.9 Å². The van der Waals surface area contributed by atoms with E-state index in [4.69, 9.17) is 9.15 Å². The SMILES string of the molecule is COC(C1CC(O)C1)C1(CN2CCNC(=O)c3oc4ccc(C(F)(F)F)cc4c32)CC1. The number of carbonyl (C=O) groups is 1. The van der Waals surface area contributed by atoms with E-state index in [1.54, 1.807) is 7.11 Å². The molecule has 0 radical (unpaired) electrons. The topological polar surface area (TPSA) is 74.9 Å². The molecule has 1 aromatic carbocycles. The van der Waals surface area contributed by atoms with Crippen LogP contribution in [0.15, 0.2) is 22.6 Å². The van der Waals surface area contributed by atoms with Crippen molar-refractivity contribution in [3.05, 3.63) is 29.5 Å². The third kappa shape index (κ3) is 3.47. The zero-order valence-corrected chi connectivity index (χ0v) is 17.2. The number of anilines is 1. The van der Waals surface area contributed by atoms with Crippen LogP contribution in [-0.4, -0.2) is 50.0 Å². The molecule has 2 heterocycles. The van der Waals surface area contributed by atoms with Gasteiger partial charge in [-0.1, -0.05) is 0 Å². The molecule has 2 aromatic rings. The van der Waals surface area contributed by atoms with E-state index in [1.165, 1.54) is 6.07 Å². The van der Waals surface area contributed by atoms with Crippen LogP contribution in [0.5, 0.6) is 0 Å². The highest BCUT2D eigenvalue weighted by Crippen LogP contribution is 2.56. The summed E-state index contributed by atoms with van der Waals surface area (Å²) in [6, 6.07) is 3.32. The molecule has 9 heteroatoms. The van der Waals surface area contributed by atoms with Crippen molar-refractivity contribution in [2.75, 3.05) is 31.6 Å². The zero-order valence-electron chi connectivity index (χ0n) is 17.2. The molecule has 1 aliphatic heterocycles. The molecule has 1 atom stereocenters. The molecule has 6 nitrogen and oxygen atoms in total. The first kappa shape index (κ1) is 20.6. The van der Waals surface area contributed by atoms with Crippen molar-refractivity contribution < 1.29 is 32.2 Å². The van der Waals surface area contributed by atoms with Gasteiger partial charge in [0.05, 0.1) is 23.5 Å². The van der Waals surface area contributed by atoms with Crippen LogP contribution in [0.4, 0.5) is 18.9 Å². The molecular formula is C22H25F3N2O4. The van der Waals surface area contributed by atoms with Crippen molar-refractivity contribution >= 4 is 22.6 Å². The Balaban J connectivity index is 1.53. The minimum absolute atomic E-state index is 0.0323. The Hall–Kier alpha value is -2.26. The number of halogens is 3. The molecule has 2 aliphatic carbocycles. The van der Waals surface area contributed by atoms with E-state index in [9.17, 15) is 23.1 Å². The van der Waals surface area contributed by atoms with Gasteiger partial charge in [-0.3, -0.25) is 4.79 Å². The number of rotatable bonds is 5. The smallest absolute Gasteiger partial charge is 0.416 e. The summed E-state index contributed by atoms with van der Waals surface area (Å²) in [5, 5.41) is 12.8. The number of aliphatic hydroxyl groups excluding tert-OH is 1. The molecule has 2 N–H and O–H groups in total. The zero-order chi connectivity index (χ0) is 22.0. The predicted molar refractivity (Wildman–Crippen MR) is 107 cm³/mol. The lowest BCUT2D eigenvalue weighted by Gasteiger charge is -2.42. The van der Waals surface area contributed by atoms with Crippen LogP contribution in [0.25, 0.3) is 11.0 Å². The Morgan fingerprint density at radius 2 is 2.10 bits per heavy atom. The molecule has 2 fully saturated rings. The van der Waals surface area contributed by atoms with Crippen LogP contribution in [0.3, 0.4) is 0 Å². The third-order valence-corrected chi connectivity index (χ3v) is 7.01. The lowest BCUT2D eigenvalue weighted by molar-refractivity contribution is -0.137. The number of ether oxygens (including phenoxy) is 1. The van der Waals surface area contributed by atoms with E-state index in [0.717, 1.165) is 25.0 Å². The highest BCUT2D eigenvalue weighted by atomic mass is 19.4. The van der Waals surface area contributed by atoms with Crippen LogP contribution in [0.1, 0.15) is 41.8 Å². The predicted octanol–water partition coefficient (Wildman–Crippen LogP) is 3.57. The number of nitrogens with one attached hydrogen (secondary N) is 1. The molecule has 5 rings (SSSR count). The fourth-order valence-corrected chi connectivity index (χ4v) is 5.28. The molecule has 2 saturated carbocycles.